The van der Waals surface area contributed by atoms with Crippen LogP contribution >= 0.6 is 0 Å². The third-order valence-corrected chi connectivity index (χ3v) is 6.88. The summed E-state index contributed by atoms with van der Waals surface area (Å²) in [7, 11) is 1.72. The quantitative estimate of drug-likeness (QED) is 0.414. The number of piperidine rings is 1. The molecule has 34 heavy (non-hydrogen) atoms. The van der Waals surface area contributed by atoms with Crippen molar-refractivity contribution in [3.63, 3.8) is 0 Å². The molecule has 1 amide bonds. The zero-order valence-electron chi connectivity index (χ0n) is 18.9. The van der Waals surface area contributed by atoms with Crippen LogP contribution in [0.25, 0.3) is 33.2 Å². The lowest BCUT2D eigenvalue weighted by Crippen LogP contribution is -2.38. The van der Waals surface area contributed by atoms with Crippen LogP contribution in [0.1, 0.15) is 41.4 Å². The Morgan fingerprint density at radius 1 is 1.00 bits per heavy atom. The lowest BCUT2D eigenvalue weighted by Gasteiger charge is -2.35. The summed E-state index contributed by atoms with van der Waals surface area (Å²) in [6.45, 7) is 0.738. The molecule has 1 unspecified atom stereocenters. The minimum absolute atomic E-state index is 0.0321. The van der Waals surface area contributed by atoms with Crippen molar-refractivity contribution >= 4 is 28.0 Å². The molecule has 6 rings (SSSR count). The lowest BCUT2D eigenvalue weighted by atomic mass is 9.97. The highest BCUT2D eigenvalue weighted by atomic mass is 16.2. The van der Waals surface area contributed by atoms with Crippen LogP contribution in [0.15, 0.2) is 71.7 Å². The van der Waals surface area contributed by atoms with E-state index in [9.17, 15) is 9.59 Å². The Kier molecular flexibility index (Phi) is 4.83. The predicted molar refractivity (Wildman–Crippen MR) is 133 cm³/mol. The van der Waals surface area contributed by atoms with E-state index in [1.54, 1.807) is 17.8 Å². The number of aryl methyl sites for hydroxylation is 1. The molecule has 4 heterocycles. The molecule has 7 nitrogen and oxygen atoms in total. The largest absolute Gasteiger partial charge is 0.357 e. The minimum Gasteiger partial charge on any atom is -0.357 e. The molecule has 0 aliphatic carbocycles. The number of hydrogen-bond acceptors (Lipinski definition) is 3. The average Bonchev–Trinajstić information content (AvgIpc) is 3.44. The second-order valence-corrected chi connectivity index (χ2v) is 8.98. The minimum atomic E-state index is -0.198. The first-order chi connectivity index (χ1) is 16.6. The highest BCUT2D eigenvalue weighted by Crippen LogP contribution is 2.34. The van der Waals surface area contributed by atoms with Crippen molar-refractivity contribution in [2.45, 2.75) is 25.3 Å². The van der Waals surface area contributed by atoms with Crippen LogP contribution < -0.4 is 5.69 Å². The van der Waals surface area contributed by atoms with Crippen LogP contribution in [0.3, 0.4) is 0 Å². The molecule has 0 radical (unpaired) electrons. The van der Waals surface area contributed by atoms with Gasteiger partial charge in [0.25, 0.3) is 5.91 Å². The molecule has 1 saturated heterocycles. The molecular formula is C27H25N5O2. The molecule has 0 saturated carbocycles. The number of rotatable bonds is 3. The van der Waals surface area contributed by atoms with Gasteiger partial charge in [-0.05, 0) is 60.5 Å². The van der Waals surface area contributed by atoms with Crippen molar-refractivity contribution in [3.05, 3.63) is 88.6 Å². The van der Waals surface area contributed by atoms with Crippen molar-refractivity contribution in [2.75, 3.05) is 6.54 Å². The van der Waals surface area contributed by atoms with Crippen LogP contribution in [0.5, 0.6) is 0 Å². The number of amides is 1. The Balaban J connectivity index is 1.34. The number of hydrogen-bond donors (Lipinski definition) is 2. The number of aromatic amines is 2. The number of H-pyrrole nitrogens is 2. The number of nitrogens with zero attached hydrogens (tertiary/aromatic N) is 3. The monoisotopic (exact) mass is 451 g/mol. The van der Waals surface area contributed by atoms with E-state index in [1.165, 1.54) is 5.39 Å². The summed E-state index contributed by atoms with van der Waals surface area (Å²) in [6, 6.07) is 20.0. The van der Waals surface area contributed by atoms with E-state index in [0.29, 0.717) is 11.2 Å². The summed E-state index contributed by atoms with van der Waals surface area (Å²) in [5.41, 5.74) is 5.69. The summed E-state index contributed by atoms with van der Waals surface area (Å²) in [6.07, 6.45) is 4.78. The molecule has 170 valence electrons. The Hall–Kier alpha value is -4.13. The summed E-state index contributed by atoms with van der Waals surface area (Å²) in [5.74, 6) is 0.0355. The fourth-order valence-corrected chi connectivity index (χ4v) is 5.03. The molecule has 1 aliphatic rings. The third kappa shape index (κ3) is 3.41. The van der Waals surface area contributed by atoms with Crippen molar-refractivity contribution in [3.8, 4) is 11.1 Å². The highest BCUT2D eigenvalue weighted by molar-refractivity contribution is 5.96. The Morgan fingerprint density at radius 3 is 2.76 bits per heavy atom. The number of fused-ring (bicyclic) bond motifs is 2. The van der Waals surface area contributed by atoms with Crippen LogP contribution in [0.4, 0.5) is 0 Å². The van der Waals surface area contributed by atoms with Gasteiger partial charge in [-0.25, -0.2) is 9.78 Å². The molecule has 1 atom stereocenters. The molecule has 7 heteroatoms. The number of carbonyl (C=O) groups excluding carboxylic acids is 1. The number of imidazole rings is 1. The third-order valence-electron chi connectivity index (χ3n) is 6.88. The van der Waals surface area contributed by atoms with Gasteiger partial charge < -0.3 is 9.88 Å². The maximum Gasteiger partial charge on any atom is 0.327 e. The Morgan fingerprint density at radius 2 is 1.88 bits per heavy atom. The number of likely N-dealkylation sites (tertiary alicyclic amines) is 1. The topological polar surface area (TPSA) is 86.8 Å². The average molecular weight is 452 g/mol. The lowest BCUT2D eigenvalue weighted by molar-refractivity contribution is 0.0607. The Labute approximate surface area is 196 Å². The summed E-state index contributed by atoms with van der Waals surface area (Å²) in [5, 5.41) is 1.17. The Bertz CT molecular complexity index is 1560. The van der Waals surface area contributed by atoms with Crippen molar-refractivity contribution in [2.24, 2.45) is 7.05 Å². The van der Waals surface area contributed by atoms with E-state index in [4.69, 9.17) is 0 Å². The van der Waals surface area contributed by atoms with Crippen molar-refractivity contribution in [1.29, 1.82) is 0 Å². The van der Waals surface area contributed by atoms with E-state index < -0.39 is 0 Å². The zero-order chi connectivity index (χ0) is 23.2. The number of carbonyl (C=O) groups is 1. The van der Waals surface area contributed by atoms with E-state index >= 15 is 0 Å². The van der Waals surface area contributed by atoms with Gasteiger partial charge in [-0.2, -0.15) is 0 Å². The van der Waals surface area contributed by atoms with Gasteiger partial charge in [-0.3, -0.25) is 14.3 Å². The van der Waals surface area contributed by atoms with Crippen LogP contribution in [0, 0.1) is 0 Å². The van der Waals surface area contributed by atoms with Crippen LogP contribution in [-0.2, 0) is 7.05 Å². The number of nitrogens with one attached hydrogen (secondary N) is 2. The fourth-order valence-electron chi connectivity index (χ4n) is 5.03. The van der Waals surface area contributed by atoms with E-state index in [0.717, 1.165) is 53.7 Å². The highest BCUT2D eigenvalue weighted by Gasteiger charge is 2.30. The van der Waals surface area contributed by atoms with Gasteiger partial charge in [-0.15, -0.1) is 0 Å². The van der Waals surface area contributed by atoms with Gasteiger partial charge >= 0.3 is 5.69 Å². The van der Waals surface area contributed by atoms with Gasteiger partial charge in [0.05, 0.1) is 11.6 Å². The first kappa shape index (κ1) is 20.5. The number of benzene rings is 2. The molecule has 0 spiro atoms. The number of para-hydroxylation sites is 1. The summed E-state index contributed by atoms with van der Waals surface area (Å²) < 4.78 is 1.54. The fraction of sp³-hybridized carbons (Fsp3) is 0.222. The van der Waals surface area contributed by atoms with Crippen LogP contribution in [0.2, 0.25) is 0 Å². The molecule has 5 aromatic rings. The van der Waals surface area contributed by atoms with Gasteiger partial charge in [0, 0.05) is 42.1 Å². The molecule has 1 aliphatic heterocycles. The molecule has 3 aromatic heterocycles. The maximum atomic E-state index is 13.7. The van der Waals surface area contributed by atoms with Crippen molar-refractivity contribution < 1.29 is 4.79 Å². The number of aromatic nitrogens is 4. The molecule has 1 fully saturated rings. The van der Waals surface area contributed by atoms with Crippen molar-refractivity contribution in [1.82, 2.24) is 24.4 Å². The summed E-state index contributed by atoms with van der Waals surface area (Å²) in [4.78, 5) is 38.3. The zero-order valence-corrected chi connectivity index (χ0v) is 18.9. The van der Waals surface area contributed by atoms with Gasteiger partial charge in [-0.1, -0.05) is 30.3 Å². The molecule has 0 bridgehead atoms. The SMILES string of the molecule is Cn1c(=O)[nH]c2ncc(-c3cccc(C(=O)N4CCCCC4c4cc5ccccc5[nH]4)c3)cc21. The van der Waals surface area contributed by atoms with E-state index in [2.05, 4.69) is 33.2 Å². The first-order valence-corrected chi connectivity index (χ1v) is 11.6. The van der Waals surface area contributed by atoms with Gasteiger partial charge in [0.15, 0.2) is 5.65 Å². The number of pyridine rings is 1. The maximum absolute atomic E-state index is 13.7. The predicted octanol–water partition coefficient (Wildman–Crippen LogP) is 4.78. The molecule has 2 N–H and O–H groups in total. The molecular weight excluding hydrogens is 426 g/mol. The molecule has 2 aromatic carbocycles. The normalized spacial score (nSPS) is 16.4. The van der Waals surface area contributed by atoms with Crippen LogP contribution in [-0.4, -0.2) is 36.9 Å². The standard InChI is InChI=1S/C27H25N5O2/c1-31-24-15-20(16-28-25(24)30-27(31)34)17-8-6-9-19(13-17)26(33)32-12-5-4-11-23(32)22-14-18-7-2-3-10-21(18)29-22/h2-3,6-10,13-16,23,29H,4-5,11-12H2,1H3,(H,28,30,34). The summed E-state index contributed by atoms with van der Waals surface area (Å²) >= 11 is 0. The second kappa shape index (κ2) is 8.02. The van der Waals surface area contributed by atoms with Gasteiger partial charge in [0.2, 0.25) is 0 Å². The van der Waals surface area contributed by atoms with E-state index in [-0.39, 0.29) is 17.6 Å². The second-order valence-electron chi connectivity index (χ2n) is 8.98. The smallest absolute Gasteiger partial charge is 0.327 e. The van der Waals surface area contributed by atoms with Gasteiger partial charge in [0.1, 0.15) is 0 Å². The van der Waals surface area contributed by atoms with E-state index in [1.807, 2.05) is 47.4 Å². The first-order valence-electron chi connectivity index (χ1n) is 11.6.